The molecule has 0 bridgehead atoms. The van der Waals surface area contributed by atoms with Crippen molar-refractivity contribution in [3.8, 4) is 11.6 Å². The number of alkyl halides is 1. The van der Waals surface area contributed by atoms with Crippen molar-refractivity contribution in [2.75, 3.05) is 0 Å². The first-order valence-electron chi connectivity index (χ1n) is 5.70. The van der Waals surface area contributed by atoms with Gasteiger partial charge in [-0.25, -0.2) is 4.98 Å². The van der Waals surface area contributed by atoms with Crippen LogP contribution in [0.4, 0.5) is 0 Å². The highest BCUT2D eigenvalue weighted by Crippen LogP contribution is 2.25. The average molecular weight is 282 g/mol. The van der Waals surface area contributed by atoms with Gasteiger partial charge in [0.2, 0.25) is 5.88 Å². The largest absolute Gasteiger partial charge is 0.439 e. The van der Waals surface area contributed by atoms with Crippen molar-refractivity contribution in [3.05, 3.63) is 52.7 Å². The third kappa shape index (κ3) is 3.15. The Hall–Kier alpha value is -1.25. The van der Waals surface area contributed by atoms with E-state index in [1.54, 1.807) is 12.3 Å². The van der Waals surface area contributed by atoms with Crippen molar-refractivity contribution in [2.24, 2.45) is 0 Å². The van der Waals surface area contributed by atoms with Gasteiger partial charge in [-0.3, -0.25) is 0 Å². The lowest BCUT2D eigenvalue weighted by Crippen LogP contribution is -1.90. The van der Waals surface area contributed by atoms with E-state index in [9.17, 15) is 0 Å². The van der Waals surface area contributed by atoms with E-state index >= 15 is 0 Å². The minimum atomic E-state index is 0.453. The molecule has 1 aromatic carbocycles. The standard InChI is InChI=1S/C14H13Cl2NO/c1-2-11-7-12(4-5-13(11)16)18-14-6-3-10(8-15)9-17-14/h3-7,9H,2,8H2,1H3. The molecule has 0 amide bonds. The van der Waals surface area contributed by atoms with Gasteiger partial charge in [0.1, 0.15) is 5.75 Å². The summed E-state index contributed by atoms with van der Waals surface area (Å²) in [6.45, 7) is 2.05. The number of nitrogens with zero attached hydrogens (tertiary/aromatic N) is 1. The summed E-state index contributed by atoms with van der Waals surface area (Å²) in [6, 6.07) is 9.30. The second kappa shape index (κ2) is 6.07. The Labute approximate surface area is 117 Å². The third-order valence-corrected chi connectivity index (χ3v) is 3.25. The summed E-state index contributed by atoms with van der Waals surface area (Å²) < 4.78 is 5.66. The van der Waals surface area contributed by atoms with Crippen molar-refractivity contribution < 1.29 is 4.74 Å². The van der Waals surface area contributed by atoms with Crippen LogP contribution in [0.5, 0.6) is 11.6 Å². The van der Waals surface area contributed by atoms with E-state index < -0.39 is 0 Å². The molecule has 0 spiro atoms. The van der Waals surface area contributed by atoms with Crippen LogP contribution in [0.3, 0.4) is 0 Å². The number of aryl methyl sites for hydroxylation is 1. The molecule has 0 radical (unpaired) electrons. The fraction of sp³-hybridized carbons (Fsp3) is 0.214. The van der Waals surface area contributed by atoms with Crippen LogP contribution in [-0.2, 0) is 12.3 Å². The number of halogens is 2. The zero-order chi connectivity index (χ0) is 13.0. The predicted octanol–water partition coefficient (Wildman–Crippen LogP) is 4.83. The van der Waals surface area contributed by atoms with Gasteiger partial charge in [-0.05, 0) is 35.7 Å². The summed E-state index contributed by atoms with van der Waals surface area (Å²) in [5, 5.41) is 0.760. The lowest BCUT2D eigenvalue weighted by molar-refractivity contribution is 0.462. The van der Waals surface area contributed by atoms with Crippen LogP contribution in [-0.4, -0.2) is 4.98 Å². The quantitative estimate of drug-likeness (QED) is 0.749. The maximum absolute atomic E-state index is 6.05. The molecule has 18 heavy (non-hydrogen) atoms. The number of benzene rings is 1. The molecular formula is C14H13Cl2NO. The highest BCUT2D eigenvalue weighted by molar-refractivity contribution is 6.31. The van der Waals surface area contributed by atoms with Gasteiger partial charge in [0.05, 0.1) is 0 Å². The lowest BCUT2D eigenvalue weighted by Gasteiger charge is -2.07. The molecule has 0 aliphatic carbocycles. The maximum Gasteiger partial charge on any atom is 0.219 e. The molecule has 4 heteroatoms. The van der Waals surface area contributed by atoms with Crippen LogP contribution in [0.25, 0.3) is 0 Å². The SMILES string of the molecule is CCc1cc(Oc2ccc(CCl)cn2)ccc1Cl. The summed E-state index contributed by atoms with van der Waals surface area (Å²) in [5.41, 5.74) is 2.03. The molecule has 0 aliphatic rings. The number of hydrogen-bond donors (Lipinski definition) is 0. The highest BCUT2D eigenvalue weighted by Gasteiger charge is 2.03. The van der Waals surface area contributed by atoms with Gasteiger partial charge in [0, 0.05) is 23.2 Å². The van der Waals surface area contributed by atoms with Crippen LogP contribution in [0, 0.1) is 0 Å². The number of ether oxygens (including phenoxy) is 1. The Morgan fingerprint density at radius 1 is 1.22 bits per heavy atom. The molecule has 0 saturated heterocycles. The van der Waals surface area contributed by atoms with Crippen molar-refractivity contribution in [1.29, 1.82) is 0 Å². The summed E-state index contributed by atoms with van der Waals surface area (Å²) in [4.78, 5) is 4.18. The highest BCUT2D eigenvalue weighted by atomic mass is 35.5. The molecule has 2 aromatic rings. The second-order valence-corrected chi connectivity index (χ2v) is 4.52. The Morgan fingerprint density at radius 2 is 2.06 bits per heavy atom. The van der Waals surface area contributed by atoms with E-state index in [1.165, 1.54) is 0 Å². The van der Waals surface area contributed by atoms with Crippen molar-refractivity contribution in [1.82, 2.24) is 4.98 Å². The molecule has 0 aliphatic heterocycles. The zero-order valence-corrected chi connectivity index (χ0v) is 11.5. The van der Waals surface area contributed by atoms with Gasteiger partial charge < -0.3 is 4.74 Å². The third-order valence-electron chi connectivity index (χ3n) is 2.57. The second-order valence-electron chi connectivity index (χ2n) is 3.85. The fourth-order valence-electron chi connectivity index (χ4n) is 1.56. The van der Waals surface area contributed by atoms with Gasteiger partial charge in [0.25, 0.3) is 0 Å². The molecule has 0 unspecified atom stereocenters. The van der Waals surface area contributed by atoms with Crippen LogP contribution in [0.15, 0.2) is 36.5 Å². The monoisotopic (exact) mass is 281 g/mol. The Morgan fingerprint density at radius 3 is 2.67 bits per heavy atom. The number of aromatic nitrogens is 1. The van der Waals surface area contributed by atoms with Crippen molar-refractivity contribution >= 4 is 23.2 Å². The molecule has 2 rings (SSSR count). The van der Waals surface area contributed by atoms with Crippen LogP contribution in [0.1, 0.15) is 18.1 Å². The first-order valence-corrected chi connectivity index (χ1v) is 6.61. The molecule has 0 fully saturated rings. The molecular weight excluding hydrogens is 269 g/mol. The Balaban J connectivity index is 2.17. The number of rotatable bonds is 4. The van der Waals surface area contributed by atoms with E-state index in [2.05, 4.69) is 11.9 Å². The zero-order valence-electron chi connectivity index (χ0n) is 9.99. The summed E-state index contributed by atoms with van der Waals surface area (Å²) in [7, 11) is 0. The normalized spacial score (nSPS) is 10.4. The molecule has 0 N–H and O–H groups in total. The average Bonchev–Trinajstić information content (AvgIpc) is 2.42. The molecule has 1 heterocycles. The van der Waals surface area contributed by atoms with Gasteiger partial charge in [0.15, 0.2) is 0 Å². The topological polar surface area (TPSA) is 22.1 Å². The van der Waals surface area contributed by atoms with Crippen molar-refractivity contribution in [2.45, 2.75) is 19.2 Å². The van der Waals surface area contributed by atoms with Gasteiger partial charge in [-0.2, -0.15) is 0 Å². The Kier molecular flexibility index (Phi) is 4.45. The van der Waals surface area contributed by atoms with Gasteiger partial charge in [-0.15, -0.1) is 11.6 Å². The molecule has 0 saturated carbocycles. The van der Waals surface area contributed by atoms with E-state index in [0.717, 1.165) is 28.3 Å². The first-order chi connectivity index (χ1) is 8.72. The summed E-state index contributed by atoms with van der Waals surface area (Å²) >= 11 is 11.8. The van der Waals surface area contributed by atoms with Crippen LogP contribution >= 0.6 is 23.2 Å². The molecule has 0 atom stereocenters. The lowest BCUT2D eigenvalue weighted by atomic mass is 10.1. The van der Waals surface area contributed by atoms with E-state index in [-0.39, 0.29) is 0 Å². The predicted molar refractivity (Wildman–Crippen MR) is 74.7 cm³/mol. The molecule has 94 valence electrons. The van der Waals surface area contributed by atoms with E-state index in [4.69, 9.17) is 27.9 Å². The van der Waals surface area contributed by atoms with Crippen molar-refractivity contribution in [3.63, 3.8) is 0 Å². The van der Waals surface area contributed by atoms with E-state index in [0.29, 0.717) is 11.8 Å². The summed E-state index contributed by atoms with van der Waals surface area (Å²) in [6.07, 6.45) is 2.58. The summed E-state index contributed by atoms with van der Waals surface area (Å²) in [5.74, 6) is 1.74. The molecule has 1 aromatic heterocycles. The van der Waals surface area contributed by atoms with Gasteiger partial charge >= 0.3 is 0 Å². The molecule has 2 nitrogen and oxygen atoms in total. The first kappa shape index (κ1) is 13.2. The fourth-order valence-corrected chi connectivity index (χ4v) is 1.97. The smallest absolute Gasteiger partial charge is 0.219 e. The van der Waals surface area contributed by atoms with Crippen LogP contribution < -0.4 is 4.74 Å². The van der Waals surface area contributed by atoms with Crippen LogP contribution in [0.2, 0.25) is 5.02 Å². The Bertz CT molecular complexity index is 526. The minimum Gasteiger partial charge on any atom is -0.439 e. The van der Waals surface area contributed by atoms with Gasteiger partial charge in [-0.1, -0.05) is 24.6 Å². The van der Waals surface area contributed by atoms with E-state index in [1.807, 2.05) is 24.3 Å². The number of hydrogen-bond acceptors (Lipinski definition) is 2. The minimum absolute atomic E-state index is 0.453. The maximum atomic E-state index is 6.05. The number of pyridine rings is 1.